The second-order valence-corrected chi connectivity index (χ2v) is 9.41. The molecule has 1 fully saturated rings. The average molecular weight is 529 g/mol. The lowest BCUT2D eigenvalue weighted by Crippen LogP contribution is -2.19. The molecule has 1 heterocycles. The van der Waals surface area contributed by atoms with E-state index >= 15 is 0 Å². The number of aliphatic hydroxyl groups is 1. The van der Waals surface area contributed by atoms with Crippen LogP contribution in [0.5, 0.6) is 0 Å². The molecule has 8 nitrogen and oxygen atoms in total. The van der Waals surface area contributed by atoms with Gasteiger partial charge in [0.25, 0.3) is 0 Å². The number of nitrogens with one attached hydrogen (secondary N) is 1. The Balaban J connectivity index is 0.00000112. The fourth-order valence-corrected chi connectivity index (χ4v) is 4.34. The summed E-state index contributed by atoms with van der Waals surface area (Å²) in [6.07, 6.45) is 0.362. The number of carboxylic acid groups (broad SMARTS) is 1. The number of rotatable bonds is 7. The van der Waals surface area contributed by atoms with Crippen molar-refractivity contribution < 1.29 is 29.1 Å². The molecular formula is C31H32N2O6. The van der Waals surface area contributed by atoms with E-state index in [1.807, 2.05) is 85.8 Å². The lowest BCUT2D eigenvalue weighted by atomic mass is 9.93. The molecule has 0 spiro atoms. The predicted molar refractivity (Wildman–Crippen MR) is 148 cm³/mol. The minimum Gasteiger partial charge on any atom is -0.481 e. The van der Waals surface area contributed by atoms with Crippen LogP contribution in [0.1, 0.15) is 49.6 Å². The number of nitrogens with zero attached hydrogens (tertiary/aromatic N) is 1. The molecule has 202 valence electrons. The molecule has 1 aliphatic rings. The topological polar surface area (TPSA) is 122 Å². The smallest absolute Gasteiger partial charge is 0.412 e. The monoisotopic (exact) mass is 528 g/mol. The lowest BCUT2D eigenvalue weighted by molar-refractivity contribution is -0.140. The normalized spacial score (nSPS) is 13.9. The minimum atomic E-state index is -0.759. The Kier molecular flexibility index (Phi) is 8.46. The summed E-state index contributed by atoms with van der Waals surface area (Å²) in [4.78, 5) is 24.2. The van der Waals surface area contributed by atoms with Crippen molar-refractivity contribution >= 4 is 17.7 Å². The number of anilines is 1. The minimum absolute atomic E-state index is 0.250. The van der Waals surface area contributed by atoms with Crippen LogP contribution in [0.25, 0.3) is 22.5 Å². The highest BCUT2D eigenvalue weighted by Gasteiger charge is 2.51. The molecule has 0 radical (unpaired) electrons. The van der Waals surface area contributed by atoms with Gasteiger partial charge in [-0.05, 0) is 55.9 Å². The number of hydrogen-bond donors (Lipinski definition) is 3. The Hall–Kier alpha value is -4.43. The number of ether oxygens (including phenoxy) is 1. The third-order valence-electron chi connectivity index (χ3n) is 6.72. The van der Waals surface area contributed by atoms with Gasteiger partial charge in [-0.3, -0.25) is 10.1 Å². The third-order valence-corrected chi connectivity index (χ3v) is 6.72. The molecule has 1 aromatic heterocycles. The van der Waals surface area contributed by atoms with Crippen LogP contribution >= 0.6 is 0 Å². The van der Waals surface area contributed by atoms with Gasteiger partial charge in [0.05, 0.1) is 5.41 Å². The summed E-state index contributed by atoms with van der Waals surface area (Å²) in [5.41, 5.74) is 4.75. The molecule has 3 aromatic carbocycles. The molecule has 1 atom stereocenters. The Bertz CT molecular complexity index is 1410. The highest BCUT2D eigenvalue weighted by Crippen LogP contribution is 2.48. The first-order valence-corrected chi connectivity index (χ1v) is 12.8. The number of aliphatic hydroxyl groups excluding tert-OH is 1. The summed E-state index contributed by atoms with van der Waals surface area (Å²) in [6.45, 7) is 5.50. The van der Waals surface area contributed by atoms with E-state index in [1.165, 1.54) is 0 Å². The van der Waals surface area contributed by atoms with Crippen molar-refractivity contribution in [2.45, 2.75) is 45.1 Å². The standard InChI is InChI=1S/C29H26N2O5.C2H6O/c1-18-25(30-28(34)35-19(2)20-6-4-3-5-7-20)26(36-31-18)23-10-8-21(9-11-23)22-12-14-24(15-13-22)29(16-17-29)27(32)33;1-2-3/h3-15,19H,16-17H2,1-2H3,(H,30,34)(H,32,33);3H,2H2,1H3/t19-;/m1./s1. The fraction of sp³-hybridized carbons (Fsp3) is 0.258. The molecular weight excluding hydrogens is 496 g/mol. The average Bonchev–Trinajstić information content (AvgIpc) is 3.69. The van der Waals surface area contributed by atoms with E-state index < -0.39 is 23.6 Å². The number of aromatic nitrogens is 1. The van der Waals surface area contributed by atoms with Crippen molar-refractivity contribution in [3.8, 4) is 22.5 Å². The first-order valence-electron chi connectivity index (χ1n) is 12.8. The van der Waals surface area contributed by atoms with Gasteiger partial charge in [-0.25, -0.2) is 4.79 Å². The van der Waals surface area contributed by atoms with Crippen LogP contribution in [-0.4, -0.2) is 34.0 Å². The summed E-state index contributed by atoms with van der Waals surface area (Å²) in [5.74, 6) is -0.319. The number of carboxylic acids is 1. The Morgan fingerprint density at radius 2 is 1.51 bits per heavy atom. The van der Waals surface area contributed by atoms with Gasteiger partial charge in [-0.15, -0.1) is 0 Å². The van der Waals surface area contributed by atoms with E-state index in [9.17, 15) is 14.7 Å². The van der Waals surface area contributed by atoms with Crippen molar-refractivity contribution in [3.63, 3.8) is 0 Å². The zero-order valence-electron chi connectivity index (χ0n) is 22.2. The van der Waals surface area contributed by atoms with Crippen molar-refractivity contribution in [1.82, 2.24) is 5.16 Å². The van der Waals surface area contributed by atoms with E-state index in [0.29, 0.717) is 30.0 Å². The van der Waals surface area contributed by atoms with Crippen molar-refractivity contribution in [3.05, 3.63) is 95.7 Å². The van der Waals surface area contributed by atoms with Crippen LogP contribution in [0.15, 0.2) is 83.4 Å². The maximum atomic E-state index is 12.6. The Morgan fingerprint density at radius 1 is 0.974 bits per heavy atom. The maximum absolute atomic E-state index is 12.6. The quantitative estimate of drug-likeness (QED) is 0.243. The second-order valence-electron chi connectivity index (χ2n) is 9.41. The number of hydrogen-bond acceptors (Lipinski definition) is 6. The SMILES string of the molecule is CCO.Cc1noc(-c2ccc(-c3ccc(C4(C(=O)O)CC4)cc3)cc2)c1NC(=O)O[C@H](C)c1ccccc1. The van der Waals surface area contributed by atoms with Crippen LogP contribution in [0.4, 0.5) is 10.5 Å². The fourth-order valence-electron chi connectivity index (χ4n) is 4.34. The van der Waals surface area contributed by atoms with Crippen LogP contribution < -0.4 is 5.32 Å². The molecule has 0 bridgehead atoms. The summed E-state index contributed by atoms with van der Waals surface area (Å²) in [6, 6.07) is 24.9. The molecule has 1 amide bonds. The van der Waals surface area contributed by atoms with E-state index in [-0.39, 0.29) is 6.61 Å². The van der Waals surface area contributed by atoms with Crippen molar-refractivity contribution in [2.24, 2.45) is 0 Å². The highest BCUT2D eigenvalue weighted by atomic mass is 16.6. The number of carbonyl (C=O) groups excluding carboxylic acids is 1. The first kappa shape index (κ1) is 27.6. The molecule has 5 rings (SSSR count). The zero-order valence-corrected chi connectivity index (χ0v) is 22.2. The van der Waals surface area contributed by atoms with E-state index in [2.05, 4.69) is 10.5 Å². The van der Waals surface area contributed by atoms with Gasteiger partial charge in [-0.2, -0.15) is 0 Å². The van der Waals surface area contributed by atoms with Gasteiger partial charge in [0.2, 0.25) is 0 Å². The second kappa shape index (κ2) is 12.0. The van der Waals surface area contributed by atoms with Crippen molar-refractivity contribution in [2.75, 3.05) is 11.9 Å². The largest absolute Gasteiger partial charge is 0.481 e. The van der Waals surface area contributed by atoms with E-state index in [4.69, 9.17) is 14.4 Å². The number of aryl methyl sites for hydroxylation is 1. The molecule has 1 aliphatic carbocycles. The summed E-state index contributed by atoms with van der Waals surface area (Å²) in [7, 11) is 0. The van der Waals surface area contributed by atoms with Gasteiger partial charge < -0.3 is 19.5 Å². The van der Waals surface area contributed by atoms with E-state index in [0.717, 1.165) is 27.8 Å². The van der Waals surface area contributed by atoms with Crippen molar-refractivity contribution in [1.29, 1.82) is 0 Å². The van der Waals surface area contributed by atoms with Crippen LogP contribution in [0.2, 0.25) is 0 Å². The van der Waals surface area contributed by atoms with Crippen LogP contribution in [0.3, 0.4) is 0 Å². The maximum Gasteiger partial charge on any atom is 0.412 e. The molecule has 0 unspecified atom stereocenters. The van der Waals surface area contributed by atoms with Gasteiger partial charge in [0.1, 0.15) is 17.5 Å². The van der Waals surface area contributed by atoms with Crippen LogP contribution in [-0.2, 0) is 14.9 Å². The summed E-state index contributed by atoms with van der Waals surface area (Å²) in [5, 5.41) is 23.9. The summed E-state index contributed by atoms with van der Waals surface area (Å²) >= 11 is 0. The third kappa shape index (κ3) is 6.18. The number of amides is 1. The molecule has 0 saturated heterocycles. The van der Waals surface area contributed by atoms with Gasteiger partial charge in [-0.1, -0.05) is 84.0 Å². The number of benzene rings is 3. The Morgan fingerprint density at radius 3 is 2.05 bits per heavy atom. The first-order chi connectivity index (χ1) is 18.8. The molecule has 3 N–H and O–H groups in total. The highest BCUT2D eigenvalue weighted by molar-refractivity contribution is 5.91. The van der Waals surface area contributed by atoms with E-state index in [1.54, 1.807) is 13.8 Å². The van der Waals surface area contributed by atoms with Crippen LogP contribution in [0, 0.1) is 6.92 Å². The molecule has 1 saturated carbocycles. The summed E-state index contributed by atoms with van der Waals surface area (Å²) < 4.78 is 11.1. The molecule has 8 heteroatoms. The van der Waals surface area contributed by atoms with Gasteiger partial charge in [0.15, 0.2) is 5.76 Å². The van der Waals surface area contributed by atoms with Gasteiger partial charge >= 0.3 is 12.1 Å². The number of aliphatic carboxylic acids is 1. The molecule has 39 heavy (non-hydrogen) atoms. The van der Waals surface area contributed by atoms with Gasteiger partial charge in [0, 0.05) is 12.2 Å². The zero-order chi connectivity index (χ0) is 28.0. The number of carbonyl (C=O) groups is 2. The molecule has 0 aliphatic heterocycles. The predicted octanol–water partition coefficient (Wildman–Crippen LogP) is 6.74. The molecule has 4 aromatic rings. The lowest BCUT2D eigenvalue weighted by Gasteiger charge is -2.14. The Labute approximate surface area is 227 Å².